The summed E-state index contributed by atoms with van der Waals surface area (Å²) in [6.07, 6.45) is 0.466. The summed E-state index contributed by atoms with van der Waals surface area (Å²) in [7, 11) is 0. The van der Waals surface area contributed by atoms with E-state index in [-0.39, 0.29) is 17.4 Å². The van der Waals surface area contributed by atoms with Gasteiger partial charge in [-0.05, 0) is 30.3 Å². The number of rotatable bonds is 8. The van der Waals surface area contributed by atoms with E-state index in [4.69, 9.17) is 23.2 Å². The number of halogens is 3. The second-order valence-corrected chi connectivity index (χ2v) is 8.96. The molecular weight excluding hydrogens is 511 g/mol. The van der Waals surface area contributed by atoms with Crippen molar-refractivity contribution in [3.05, 3.63) is 68.4 Å². The molecule has 1 heterocycles. The number of nitrogens with zero attached hydrogens (tertiary/aromatic N) is 3. The average Bonchev–Trinajstić information content (AvgIpc) is 3.11. The molecule has 0 aliphatic rings. The molecule has 1 N–H and O–H groups in total. The van der Waals surface area contributed by atoms with Gasteiger partial charge >= 0.3 is 0 Å². The Labute approximate surface area is 196 Å². The number of nitrogens with one attached hydrogen (secondary N) is 1. The minimum atomic E-state index is -0.120. The molecule has 0 aliphatic heterocycles. The Morgan fingerprint density at radius 1 is 1.10 bits per heavy atom. The zero-order chi connectivity index (χ0) is 21.7. The first-order valence-electron chi connectivity index (χ1n) is 8.91. The number of ketones is 1. The van der Waals surface area contributed by atoms with Gasteiger partial charge in [0, 0.05) is 29.9 Å². The van der Waals surface area contributed by atoms with Crippen LogP contribution in [0.4, 0.5) is 0 Å². The Kier molecular flexibility index (Phi) is 7.93. The van der Waals surface area contributed by atoms with Gasteiger partial charge in [-0.15, -0.1) is 10.2 Å². The number of benzene rings is 2. The highest BCUT2D eigenvalue weighted by atomic mass is 79.9. The molecule has 1 amide bonds. The Morgan fingerprint density at radius 3 is 2.50 bits per heavy atom. The van der Waals surface area contributed by atoms with Crippen LogP contribution >= 0.6 is 50.9 Å². The van der Waals surface area contributed by atoms with Gasteiger partial charge in [0.05, 0.1) is 21.5 Å². The fraction of sp³-hybridized carbons (Fsp3) is 0.200. The highest BCUT2D eigenvalue weighted by Crippen LogP contribution is 2.28. The van der Waals surface area contributed by atoms with Gasteiger partial charge in [0.25, 0.3) is 0 Å². The summed E-state index contributed by atoms with van der Waals surface area (Å²) in [5, 5.41) is 12.6. The summed E-state index contributed by atoms with van der Waals surface area (Å²) in [6.45, 7) is 1.87. The molecule has 3 aromatic rings. The van der Waals surface area contributed by atoms with E-state index in [1.807, 2.05) is 16.7 Å². The lowest BCUT2D eigenvalue weighted by Gasteiger charge is -2.11. The third-order valence-electron chi connectivity index (χ3n) is 4.08. The van der Waals surface area contributed by atoms with Crippen LogP contribution in [-0.4, -0.2) is 38.8 Å². The summed E-state index contributed by atoms with van der Waals surface area (Å²) in [5.74, 6) is 0.703. The molecule has 1 aromatic heterocycles. The zero-order valence-corrected chi connectivity index (χ0v) is 19.8. The first kappa shape index (κ1) is 22.8. The second-order valence-electron chi connectivity index (χ2n) is 6.28. The largest absolute Gasteiger partial charge is 0.356 e. The van der Waals surface area contributed by atoms with Gasteiger partial charge in [0.15, 0.2) is 10.9 Å². The zero-order valence-electron chi connectivity index (χ0n) is 15.9. The normalized spacial score (nSPS) is 10.8. The Balaban J connectivity index is 1.84. The van der Waals surface area contributed by atoms with E-state index in [0.717, 1.165) is 10.2 Å². The maximum absolute atomic E-state index is 12.6. The van der Waals surface area contributed by atoms with E-state index in [1.165, 1.54) is 18.7 Å². The molecule has 2 aromatic carbocycles. The predicted molar refractivity (Wildman–Crippen MR) is 123 cm³/mol. The van der Waals surface area contributed by atoms with Crippen LogP contribution in [-0.2, 0) is 11.2 Å². The topological polar surface area (TPSA) is 76.9 Å². The quantitative estimate of drug-likeness (QED) is 0.330. The van der Waals surface area contributed by atoms with Crippen LogP contribution in [0.15, 0.2) is 52.1 Å². The highest BCUT2D eigenvalue weighted by Gasteiger charge is 2.17. The third kappa shape index (κ3) is 5.85. The minimum Gasteiger partial charge on any atom is -0.356 e. The van der Waals surface area contributed by atoms with Crippen molar-refractivity contribution >= 4 is 62.6 Å². The Bertz CT molecular complexity index is 1070. The van der Waals surface area contributed by atoms with Gasteiger partial charge in [-0.2, -0.15) is 0 Å². The summed E-state index contributed by atoms with van der Waals surface area (Å²) in [5.41, 5.74) is 1.35. The first-order valence-corrected chi connectivity index (χ1v) is 11.4. The SMILES string of the molecule is CC(=O)NCCc1nnc(SCC(=O)c2ccc(Br)cc2)n1-c1ccc(Cl)c(Cl)c1. The number of Topliss-reactive ketones (excluding diaryl/α,β-unsaturated/α-hetero) is 1. The molecule has 0 atom stereocenters. The molecule has 0 bridgehead atoms. The monoisotopic (exact) mass is 526 g/mol. The van der Waals surface area contributed by atoms with Crippen molar-refractivity contribution in [3.63, 3.8) is 0 Å². The Hall–Kier alpha value is -1.87. The summed E-state index contributed by atoms with van der Waals surface area (Å²) < 4.78 is 2.73. The van der Waals surface area contributed by atoms with Crippen molar-refractivity contribution in [2.75, 3.05) is 12.3 Å². The van der Waals surface area contributed by atoms with Gasteiger partial charge in [0.1, 0.15) is 5.82 Å². The van der Waals surface area contributed by atoms with E-state index in [2.05, 4.69) is 31.4 Å². The minimum absolute atomic E-state index is 0.0176. The number of thioether (sulfide) groups is 1. The van der Waals surface area contributed by atoms with E-state index >= 15 is 0 Å². The van der Waals surface area contributed by atoms with Gasteiger partial charge in [-0.1, -0.05) is 63.0 Å². The molecule has 156 valence electrons. The molecule has 0 saturated heterocycles. The van der Waals surface area contributed by atoms with Crippen molar-refractivity contribution < 1.29 is 9.59 Å². The fourth-order valence-electron chi connectivity index (χ4n) is 2.64. The lowest BCUT2D eigenvalue weighted by molar-refractivity contribution is -0.118. The first-order chi connectivity index (χ1) is 14.3. The molecule has 6 nitrogen and oxygen atoms in total. The van der Waals surface area contributed by atoms with Crippen molar-refractivity contribution in [2.45, 2.75) is 18.5 Å². The third-order valence-corrected chi connectivity index (χ3v) is 6.28. The molecule has 0 aliphatic carbocycles. The lowest BCUT2D eigenvalue weighted by atomic mass is 10.2. The van der Waals surface area contributed by atoms with Gasteiger partial charge < -0.3 is 5.32 Å². The summed E-state index contributed by atoms with van der Waals surface area (Å²) in [6, 6.07) is 12.4. The van der Waals surface area contributed by atoms with Crippen molar-refractivity contribution in [3.8, 4) is 5.69 Å². The highest BCUT2D eigenvalue weighted by molar-refractivity contribution is 9.10. The van der Waals surface area contributed by atoms with Crippen LogP contribution in [0.1, 0.15) is 23.1 Å². The van der Waals surface area contributed by atoms with E-state index in [9.17, 15) is 9.59 Å². The molecular formula is C20H17BrCl2N4O2S. The number of hydrogen-bond donors (Lipinski definition) is 1. The summed E-state index contributed by atoms with van der Waals surface area (Å²) >= 11 is 16.9. The summed E-state index contributed by atoms with van der Waals surface area (Å²) in [4.78, 5) is 23.7. The second kappa shape index (κ2) is 10.4. The fourth-order valence-corrected chi connectivity index (χ4v) is 4.06. The number of amides is 1. The standard InChI is InChI=1S/C20H17BrCl2N4O2S/c1-12(28)24-9-8-19-25-26-20(27(19)15-6-7-16(22)17(23)10-15)30-11-18(29)13-2-4-14(21)5-3-13/h2-7,10H,8-9,11H2,1H3,(H,24,28). The number of carbonyl (C=O) groups excluding carboxylic acids is 2. The smallest absolute Gasteiger partial charge is 0.216 e. The maximum atomic E-state index is 12.6. The maximum Gasteiger partial charge on any atom is 0.216 e. The van der Waals surface area contributed by atoms with Crippen LogP contribution in [0, 0.1) is 0 Å². The van der Waals surface area contributed by atoms with Crippen LogP contribution in [0.25, 0.3) is 5.69 Å². The van der Waals surface area contributed by atoms with Crippen molar-refractivity contribution in [2.24, 2.45) is 0 Å². The molecule has 0 radical (unpaired) electrons. The number of carbonyl (C=O) groups is 2. The van der Waals surface area contributed by atoms with E-state index in [1.54, 1.807) is 30.3 Å². The van der Waals surface area contributed by atoms with E-state index < -0.39 is 0 Å². The van der Waals surface area contributed by atoms with Gasteiger partial charge in [0.2, 0.25) is 5.91 Å². The van der Waals surface area contributed by atoms with Crippen molar-refractivity contribution in [1.82, 2.24) is 20.1 Å². The lowest BCUT2D eigenvalue weighted by Crippen LogP contribution is -2.23. The van der Waals surface area contributed by atoms with Crippen LogP contribution in [0.2, 0.25) is 10.0 Å². The Morgan fingerprint density at radius 2 is 1.83 bits per heavy atom. The van der Waals surface area contributed by atoms with E-state index in [0.29, 0.717) is 39.6 Å². The van der Waals surface area contributed by atoms with Crippen LogP contribution in [0.3, 0.4) is 0 Å². The van der Waals surface area contributed by atoms with Gasteiger partial charge in [-0.25, -0.2) is 0 Å². The molecule has 3 rings (SSSR count). The molecule has 0 unspecified atom stereocenters. The van der Waals surface area contributed by atoms with Crippen molar-refractivity contribution in [1.29, 1.82) is 0 Å². The van der Waals surface area contributed by atoms with Crippen LogP contribution in [0.5, 0.6) is 0 Å². The van der Waals surface area contributed by atoms with Crippen LogP contribution < -0.4 is 5.32 Å². The van der Waals surface area contributed by atoms with Gasteiger partial charge in [-0.3, -0.25) is 14.2 Å². The molecule has 0 fully saturated rings. The molecule has 30 heavy (non-hydrogen) atoms. The predicted octanol–water partition coefficient (Wildman–Crippen LogP) is 4.99. The number of aromatic nitrogens is 3. The molecule has 0 spiro atoms. The average molecular weight is 528 g/mol. The molecule has 10 heteroatoms. The molecule has 0 saturated carbocycles. The number of hydrogen-bond acceptors (Lipinski definition) is 5.